The summed E-state index contributed by atoms with van der Waals surface area (Å²) in [6.07, 6.45) is 8.77. The van der Waals surface area contributed by atoms with Crippen LogP contribution in [-0.2, 0) is 10.2 Å². The van der Waals surface area contributed by atoms with Crippen LogP contribution in [0.3, 0.4) is 0 Å². The summed E-state index contributed by atoms with van der Waals surface area (Å²) in [4.78, 5) is 25.0. The zero-order chi connectivity index (χ0) is 20.0. The normalized spacial score (nSPS) is 29.8. The number of halogens is 1. The van der Waals surface area contributed by atoms with Crippen LogP contribution >= 0.6 is 22.9 Å². The zero-order valence-electron chi connectivity index (χ0n) is 16.5. The number of thiophene rings is 1. The smallest absolute Gasteiger partial charge is 0.224 e. The topological polar surface area (TPSA) is 46.2 Å². The predicted molar refractivity (Wildman–Crippen MR) is 118 cm³/mol. The number of anilines is 1. The monoisotopic (exact) mass is 427 g/mol. The van der Waals surface area contributed by atoms with Gasteiger partial charge in [-0.3, -0.25) is 9.59 Å². The molecule has 1 amide bonds. The molecule has 4 bridgehead atoms. The SMILES string of the molecule is O=C(CCC(=O)c1ccc(Cl)s1)Nc1ccc(C23CC4CC(CC(C4)C2)C3)cc1. The van der Waals surface area contributed by atoms with E-state index in [9.17, 15) is 9.59 Å². The molecular formula is C24H26ClNO2S. The number of rotatable bonds is 6. The van der Waals surface area contributed by atoms with Gasteiger partial charge in [0.1, 0.15) is 0 Å². The van der Waals surface area contributed by atoms with Gasteiger partial charge in [0.2, 0.25) is 5.91 Å². The van der Waals surface area contributed by atoms with E-state index in [0.29, 0.717) is 14.6 Å². The average molecular weight is 428 g/mol. The highest BCUT2D eigenvalue weighted by Crippen LogP contribution is 2.60. The Morgan fingerprint density at radius 2 is 1.55 bits per heavy atom. The van der Waals surface area contributed by atoms with Crippen molar-refractivity contribution in [3.8, 4) is 0 Å². The van der Waals surface area contributed by atoms with Crippen molar-refractivity contribution in [2.45, 2.75) is 56.8 Å². The van der Waals surface area contributed by atoms with Gasteiger partial charge in [0.25, 0.3) is 0 Å². The number of hydrogen-bond donors (Lipinski definition) is 1. The highest BCUT2D eigenvalue weighted by atomic mass is 35.5. The molecule has 29 heavy (non-hydrogen) atoms. The minimum absolute atomic E-state index is 0.0331. The van der Waals surface area contributed by atoms with Crippen molar-refractivity contribution in [3.63, 3.8) is 0 Å². The van der Waals surface area contributed by atoms with Crippen molar-refractivity contribution in [2.75, 3.05) is 5.32 Å². The molecule has 0 atom stereocenters. The largest absolute Gasteiger partial charge is 0.326 e. The Hall–Kier alpha value is -1.65. The maximum atomic E-state index is 12.3. The Morgan fingerprint density at radius 3 is 2.10 bits per heavy atom. The van der Waals surface area contributed by atoms with Gasteiger partial charge >= 0.3 is 0 Å². The molecule has 4 aliphatic carbocycles. The van der Waals surface area contributed by atoms with Gasteiger partial charge in [-0.05, 0) is 91.5 Å². The summed E-state index contributed by atoms with van der Waals surface area (Å²) in [7, 11) is 0. The molecule has 152 valence electrons. The first kappa shape index (κ1) is 19.3. The number of nitrogens with one attached hydrogen (secondary N) is 1. The molecule has 0 spiro atoms. The van der Waals surface area contributed by atoms with E-state index in [0.717, 1.165) is 23.4 Å². The highest BCUT2D eigenvalue weighted by Gasteiger charge is 2.51. The summed E-state index contributed by atoms with van der Waals surface area (Å²) in [5.41, 5.74) is 2.65. The second kappa shape index (κ2) is 7.55. The molecule has 3 nitrogen and oxygen atoms in total. The first-order valence-corrected chi connectivity index (χ1v) is 11.9. The van der Waals surface area contributed by atoms with Gasteiger partial charge in [-0.15, -0.1) is 11.3 Å². The lowest BCUT2D eigenvalue weighted by molar-refractivity contribution is -0.116. The Morgan fingerprint density at radius 1 is 0.931 bits per heavy atom. The van der Waals surface area contributed by atoms with Crippen molar-refractivity contribution in [3.05, 3.63) is 51.2 Å². The van der Waals surface area contributed by atoms with Gasteiger partial charge in [0.15, 0.2) is 5.78 Å². The second-order valence-electron chi connectivity index (χ2n) is 9.35. The van der Waals surface area contributed by atoms with E-state index in [2.05, 4.69) is 17.4 Å². The number of carbonyl (C=O) groups is 2. The number of benzene rings is 1. The van der Waals surface area contributed by atoms with Crippen LogP contribution < -0.4 is 5.32 Å². The number of amides is 1. The fraction of sp³-hybridized carbons (Fsp3) is 0.500. The Labute approximate surface area is 180 Å². The summed E-state index contributed by atoms with van der Waals surface area (Å²) < 4.78 is 0.594. The van der Waals surface area contributed by atoms with E-state index in [1.807, 2.05) is 12.1 Å². The van der Waals surface area contributed by atoms with Gasteiger partial charge in [-0.2, -0.15) is 0 Å². The molecular weight excluding hydrogens is 402 g/mol. The number of Topliss-reactive ketones (excluding diaryl/α,β-unsaturated/α-hetero) is 1. The standard InChI is InChI=1S/C24H26ClNO2S/c25-22-7-6-21(29-22)20(27)5-8-23(28)26-19-3-1-18(2-4-19)24-12-15-9-16(13-24)11-17(10-15)14-24/h1-4,6-7,15-17H,5,8-14H2,(H,26,28). The van der Waals surface area contributed by atoms with Crippen LogP contribution in [0.15, 0.2) is 36.4 Å². The van der Waals surface area contributed by atoms with Gasteiger partial charge in [-0.1, -0.05) is 23.7 Å². The van der Waals surface area contributed by atoms with Crippen LogP contribution in [0.5, 0.6) is 0 Å². The molecule has 4 saturated carbocycles. The molecule has 6 rings (SSSR count). The quantitative estimate of drug-likeness (QED) is 0.537. The molecule has 5 heteroatoms. The summed E-state index contributed by atoms with van der Waals surface area (Å²) in [6, 6.07) is 11.9. The van der Waals surface area contributed by atoms with E-state index in [1.165, 1.54) is 55.4 Å². The van der Waals surface area contributed by atoms with Gasteiger partial charge in [-0.25, -0.2) is 0 Å². The summed E-state index contributed by atoms with van der Waals surface area (Å²) in [5.74, 6) is 2.63. The van der Waals surface area contributed by atoms with E-state index < -0.39 is 0 Å². The van der Waals surface area contributed by atoms with Gasteiger partial charge < -0.3 is 5.32 Å². The lowest BCUT2D eigenvalue weighted by Gasteiger charge is -2.57. The molecule has 0 saturated heterocycles. The van der Waals surface area contributed by atoms with Crippen LogP contribution in [0.4, 0.5) is 5.69 Å². The Balaban J connectivity index is 1.19. The first-order valence-electron chi connectivity index (χ1n) is 10.7. The Kier molecular flexibility index (Phi) is 5.03. The highest BCUT2D eigenvalue weighted by molar-refractivity contribution is 7.18. The fourth-order valence-corrected chi connectivity index (χ4v) is 7.42. The van der Waals surface area contributed by atoms with Crippen LogP contribution in [0.1, 0.15) is 66.6 Å². The molecule has 0 aliphatic heterocycles. The Bertz CT molecular complexity index is 897. The maximum absolute atomic E-state index is 12.3. The van der Waals surface area contributed by atoms with Crippen molar-refractivity contribution in [1.82, 2.24) is 0 Å². The van der Waals surface area contributed by atoms with E-state index in [1.54, 1.807) is 12.1 Å². The van der Waals surface area contributed by atoms with Gasteiger partial charge in [0.05, 0.1) is 9.21 Å². The third-order valence-corrected chi connectivity index (χ3v) is 8.52. The third-order valence-electron chi connectivity index (χ3n) is 7.25. The van der Waals surface area contributed by atoms with E-state index in [-0.39, 0.29) is 24.5 Å². The van der Waals surface area contributed by atoms with Crippen LogP contribution in [0.25, 0.3) is 0 Å². The molecule has 1 aromatic carbocycles. The molecule has 1 N–H and O–H groups in total. The number of carbonyl (C=O) groups excluding carboxylic acids is 2. The average Bonchev–Trinajstić information content (AvgIpc) is 3.12. The van der Waals surface area contributed by atoms with Crippen LogP contribution in [0.2, 0.25) is 4.34 Å². The van der Waals surface area contributed by atoms with Crippen molar-refractivity contribution < 1.29 is 9.59 Å². The lowest BCUT2D eigenvalue weighted by atomic mass is 9.48. The van der Waals surface area contributed by atoms with Gasteiger partial charge in [0, 0.05) is 18.5 Å². The van der Waals surface area contributed by atoms with E-state index >= 15 is 0 Å². The second-order valence-corrected chi connectivity index (χ2v) is 11.1. The molecule has 0 radical (unpaired) electrons. The molecule has 1 aromatic heterocycles. The van der Waals surface area contributed by atoms with E-state index in [4.69, 9.17) is 11.6 Å². The number of hydrogen-bond acceptors (Lipinski definition) is 3. The van der Waals surface area contributed by atoms with Crippen molar-refractivity contribution in [2.24, 2.45) is 17.8 Å². The van der Waals surface area contributed by atoms with Crippen molar-refractivity contribution >= 4 is 40.3 Å². The van der Waals surface area contributed by atoms with Crippen molar-refractivity contribution in [1.29, 1.82) is 0 Å². The minimum atomic E-state index is -0.122. The molecule has 1 heterocycles. The summed E-state index contributed by atoms with van der Waals surface area (Å²) in [5, 5.41) is 2.94. The number of ketones is 1. The molecule has 2 aromatic rings. The molecule has 4 aliphatic rings. The minimum Gasteiger partial charge on any atom is -0.326 e. The maximum Gasteiger partial charge on any atom is 0.224 e. The third kappa shape index (κ3) is 3.89. The molecule has 4 fully saturated rings. The first-order chi connectivity index (χ1) is 14.0. The summed E-state index contributed by atoms with van der Waals surface area (Å²) in [6.45, 7) is 0. The van der Waals surface area contributed by atoms with Crippen LogP contribution in [0, 0.1) is 17.8 Å². The predicted octanol–water partition coefficient (Wildman–Crippen LogP) is 6.47. The van der Waals surface area contributed by atoms with Crippen LogP contribution in [-0.4, -0.2) is 11.7 Å². The fourth-order valence-electron chi connectivity index (χ4n) is 6.41. The molecule has 0 unspecified atom stereocenters. The lowest BCUT2D eigenvalue weighted by Crippen LogP contribution is -2.48. The zero-order valence-corrected chi connectivity index (χ0v) is 18.0. The summed E-state index contributed by atoms with van der Waals surface area (Å²) >= 11 is 7.13.